The van der Waals surface area contributed by atoms with Crippen LogP contribution in [0.25, 0.3) is 0 Å². The molecule has 0 saturated heterocycles. The van der Waals surface area contributed by atoms with Crippen LogP contribution in [-0.2, 0) is 11.3 Å². The van der Waals surface area contributed by atoms with E-state index in [1.54, 1.807) is 0 Å². The number of urea groups is 1. The minimum absolute atomic E-state index is 0.0585. The van der Waals surface area contributed by atoms with Crippen molar-refractivity contribution in [3.63, 3.8) is 0 Å². The fraction of sp³-hybridized carbons (Fsp3) is 0.500. The molecule has 0 bridgehead atoms. The van der Waals surface area contributed by atoms with Crippen molar-refractivity contribution < 1.29 is 15.3 Å². The molecular formula is C16H27N4O2+. The van der Waals surface area contributed by atoms with Crippen molar-refractivity contribution in [1.82, 2.24) is 10.6 Å². The molecule has 3 amide bonds. The van der Waals surface area contributed by atoms with Gasteiger partial charge in [0.2, 0.25) is 5.91 Å². The first kappa shape index (κ1) is 18.0. The largest absolute Gasteiger partial charge is 0.358 e. The smallest absolute Gasteiger partial charge is 0.319 e. The van der Waals surface area contributed by atoms with Gasteiger partial charge >= 0.3 is 6.03 Å². The molecule has 0 aromatic heterocycles. The zero-order valence-electron chi connectivity index (χ0n) is 13.3. The van der Waals surface area contributed by atoms with Crippen LogP contribution in [0, 0.1) is 0 Å². The van der Waals surface area contributed by atoms with Crippen LogP contribution in [0.15, 0.2) is 24.3 Å². The van der Waals surface area contributed by atoms with Crippen LogP contribution in [0.2, 0.25) is 0 Å². The van der Waals surface area contributed by atoms with Crippen molar-refractivity contribution in [3.8, 4) is 0 Å². The van der Waals surface area contributed by atoms with Gasteiger partial charge in [0.15, 0.2) is 0 Å². The van der Waals surface area contributed by atoms with Crippen molar-refractivity contribution >= 4 is 17.6 Å². The van der Waals surface area contributed by atoms with E-state index in [9.17, 15) is 9.59 Å². The summed E-state index contributed by atoms with van der Waals surface area (Å²) in [6.45, 7) is 3.64. The van der Waals surface area contributed by atoms with Crippen molar-refractivity contribution in [2.75, 3.05) is 18.4 Å². The molecule has 0 radical (unpaired) electrons. The molecule has 0 fully saturated rings. The van der Waals surface area contributed by atoms with Gasteiger partial charge in [0.1, 0.15) is 0 Å². The first-order chi connectivity index (χ1) is 10.6. The molecule has 0 spiro atoms. The van der Waals surface area contributed by atoms with Crippen LogP contribution < -0.4 is 21.7 Å². The molecule has 1 aromatic carbocycles. The van der Waals surface area contributed by atoms with E-state index < -0.39 is 0 Å². The summed E-state index contributed by atoms with van der Waals surface area (Å²) in [7, 11) is 0. The average Bonchev–Trinajstić information content (AvgIpc) is 2.50. The van der Waals surface area contributed by atoms with Crippen LogP contribution in [0.1, 0.15) is 38.2 Å². The van der Waals surface area contributed by atoms with Crippen LogP contribution in [-0.4, -0.2) is 25.0 Å². The number of unbranched alkanes of at least 4 members (excludes halogenated alkanes) is 3. The maximum absolute atomic E-state index is 11.7. The minimum atomic E-state index is -0.188. The predicted octanol–water partition coefficient (Wildman–Crippen LogP) is 1.25. The van der Waals surface area contributed by atoms with Crippen LogP contribution in [0.3, 0.4) is 0 Å². The quantitative estimate of drug-likeness (QED) is 0.516. The Balaban J connectivity index is 2.22. The van der Waals surface area contributed by atoms with E-state index >= 15 is 0 Å². The van der Waals surface area contributed by atoms with E-state index in [-0.39, 0.29) is 11.9 Å². The summed E-state index contributed by atoms with van der Waals surface area (Å²) >= 11 is 0. The van der Waals surface area contributed by atoms with E-state index in [2.05, 4.69) is 21.7 Å². The molecule has 22 heavy (non-hydrogen) atoms. The number of carbonyl (C=O) groups excluding carboxylic acids is 2. The third kappa shape index (κ3) is 8.26. The first-order valence-corrected chi connectivity index (χ1v) is 7.79. The lowest BCUT2D eigenvalue weighted by molar-refractivity contribution is -0.368. The highest BCUT2D eigenvalue weighted by atomic mass is 16.2. The molecule has 6 N–H and O–H groups in total. The second-order valence-corrected chi connectivity index (χ2v) is 5.26. The zero-order chi connectivity index (χ0) is 16.2. The molecule has 122 valence electrons. The normalized spacial score (nSPS) is 10.1. The number of anilines is 1. The molecule has 1 aromatic rings. The summed E-state index contributed by atoms with van der Waals surface area (Å²) in [6, 6.07) is 7.22. The molecule has 0 saturated carbocycles. The lowest BCUT2D eigenvalue weighted by Gasteiger charge is -2.08. The van der Waals surface area contributed by atoms with Gasteiger partial charge in [-0.3, -0.25) is 4.79 Å². The van der Waals surface area contributed by atoms with Gasteiger partial charge in [-0.15, -0.1) is 0 Å². The summed E-state index contributed by atoms with van der Waals surface area (Å²) in [6.07, 6.45) is 4.43. The monoisotopic (exact) mass is 307 g/mol. The average molecular weight is 307 g/mol. The molecule has 6 heteroatoms. The van der Waals surface area contributed by atoms with Gasteiger partial charge in [0, 0.05) is 25.7 Å². The van der Waals surface area contributed by atoms with Crippen LogP contribution >= 0.6 is 0 Å². The second-order valence-electron chi connectivity index (χ2n) is 5.26. The number of hydrogen-bond donors (Lipinski definition) is 4. The predicted molar refractivity (Wildman–Crippen MR) is 87.2 cm³/mol. The summed E-state index contributed by atoms with van der Waals surface area (Å²) in [5.41, 5.74) is 5.53. The standard InChI is InChI=1S/C16H26N4O2/c1-13(21)19-12-14-6-8-15(9-7-14)20-16(22)18-11-5-3-2-4-10-17/h6-9H,2-5,10-12,17H2,1H3,(H,19,21)(H2,18,20,22)/p+1. The van der Waals surface area contributed by atoms with Crippen molar-refractivity contribution in [2.24, 2.45) is 0 Å². The zero-order valence-corrected chi connectivity index (χ0v) is 13.3. The van der Waals surface area contributed by atoms with E-state index in [1.807, 2.05) is 24.3 Å². The van der Waals surface area contributed by atoms with E-state index in [0.29, 0.717) is 13.1 Å². The van der Waals surface area contributed by atoms with Crippen LogP contribution in [0.5, 0.6) is 0 Å². The van der Waals surface area contributed by atoms with Gasteiger partial charge in [-0.2, -0.15) is 0 Å². The van der Waals surface area contributed by atoms with Gasteiger partial charge in [0.25, 0.3) is 0 Å². The fourth-order valence-corrected chi connectivity index (χ4v) is 1.97. The SMILES string of the molecule is CC(=O)NCc1ccc(NC(=O)NCCCCCC[NH3+])cc1. The highest BCUT2D eigenvalue weighted by Crippen LogP contribution is 2.09. The Hall–Kier alpha value is -2.08. The summed E-state index contributed by atoms with van der Waals surface area (Å²) < 4.78 is 0. The molecule has 0 aliphatic carbocycles. The van der Waals surface area contributed by atoms with Gasteiger partial charge in [0.05, 0.1) is 6.54 Å². The van der Waals surface area contributed by atoms with Gasteiger partial charge in [-0.05, 0) is 37.0 Å². The lowest BCUT2D eigenvalue weighted by atomic mass is 10.2. The Morgan fingerprint density at radius 2 is 1.68 bits per heavy atom. The Morgan fingerprint density at radius 3 is 2.32 bits per heavy atom. The lowest BCUT2D eigenvalue weighted by Crippen LogP contribution is -2.50. The molecule has 0 atom stereocenters. The van der Waals surface area contributed by atoms with Gasteiger partial charge in [-0.1, -0.05) is 18.6 Å². The van der Waals surface area contributed by atoms with Crippen molar-refractivity contribution in [3.05, 3.63) is 29.8 Å². The molecule has 1 rings (SSSR count). The second kappa shape index (κ2) is 10.6. The van der Waals surface area contributed by atoms with E-state index in [1.165, 1.54) is 13.3 Å². The summed E-state index contributed by atoms with van der Waals surface area (Å²) in [4.78, 5) is 22.5. The number of benzene rings is 1. The van der Waals surface area contributed by atoms with Crippen molar-refractivity contribution in [2.45, 2.75) is 39.2 Å². The highest BCUT2D eigenvalue weighted by Gasteiger charge is 2.01. The van der Waals surface area contributed by atoms with Crippen LogP contribution in [0.4, 0.5) is 10.5 Å². The number of carbonyl (C=O) groups is 2. The molecule has 0 unspecified atom stereocenters. The third-order valence-corrected chi connectivity index (χ3v) is 3.22. The Bertz CT molecular complexity index is 460. The first-order valence-electron chi connectivity index (χ1n) is 7.79. The van der Waals surface area contributed by atoms with E-state index in [4.69, 9.17) is 0 Å². The third-order valence-electron chi connectivity index (χ3n) is 3.22. The maximum Gasteiger partial charge on any atom is 0.319 e. The number of quaternary nitrogens is 1. The topological polar surface area (TPSA) is 97.9 Å². The van der Waals surface area contributed by atoms with Gasteiger partial charge in [-0.25, -0.2) is 4.79 Å². The van der Waals surface area contributed by atoms with E-state index in [0.717, 1.165) is 37.1 Å². The number of nitrogens with one attached hydrogen (secondary N) is 3. The molecule has 0 aliphatic heterocycles. The maximum atomic E-state index is 11.7. The summed E-state index contributed by atoms with van der Waals surface area (Å²) in [5.74, 6) is -0.0585. The highest BCUT2D eigenvalue weighted by molar-refractivity contribution is 5.89. The fourth-order valence-electron chi connectivity index (χ4n) is 1.97. The molecule has 0 aliphatic rings. The number of hydrogen-bond acceptors (Lipinski definition) is 2. The molecule has 0 heterocycles. The van der Waals surface area contributed by atoms with Crippen molar-refractivity contribution in [1.29, 1.82) is 0 Å². The number of rotatable bonds is 9. The van der Waals surface area contributed by atoms with Gasteiger partial charge < -0.3 is 21.7 Å². The molecular weight excluding hydrogens is 280 g/mol. The Labute approximate surface area is 131 Å². The minimum Gasteiger partial charge on any atom is -0.358 e. The Morgan fingerprint density at radius 1 is 1.00 bits per heavy atom. The summed E-state index contributed by atoms with van der Waals surface area (Å²) in [5, 5.41) is 8.36. The Kier molecular flexibility index (Phi) is 8.67. The number of amides is 3. The molecule has 6 nitrogen and oxygen atoms in total.